The van der Waals surface area contributed by atoms with Crippen molar-refractivity contribution in [3.8, 4) is 0 Å². The van der Waals surface area contributed by atoms with Crippen molar-refractivity contribution >= 4 is 17.3 Å². The van der Waals surface area contributed by atoms with Crippen LogP contribution in [0.15, 0.2) is 18.2 Å². The van der Waals surface area contributed by atoms with Crippen LogP contribution in [0.1, 0.15) is 19.4 Å². The highest BCUT2D eigenvalue weighted by molar-refractivity contribution is 6.33. The van der Waals surface area contributed by atoms with E-state index in [1.807, 2.05) is 39.1 Å². The highest BCUT2D eigenvalue weighted by Gasteiger charge is 2.06. The molecule has 0 aliphatic rings. The van der Waals surface area contributed by atoms with E-state index in [-0.39, 0.29) is 6.10 Å². The van der Waals surface area contributed by atoms with Crippen LogP contribution >= 0.6 is 11.6 Å². The third-order valence-electron chi connectivity index (χ3n) is 2.54. The molecule has 0 bridgehead atoms. The minimum absolute atomic E-state index is 0.262. The maximum Gasteiger partial charge on any atom is 0.0644 e. The number of hydrogen-bond donors (Lipinski definition) is 1. The minimum Gasteiger partial charge on any atom is -0.377 e. The van der Waals surface area contributed by atoms with Gasteiger partial charge in [-0.2, -0.15) is 0 Å². The maximum absolute atomic E-state index is 6.21. The molecule has 0 unspecified atom stereocenters. The molecule has 1 aromatic rings. The van der Waals surface area contributed by atoms with Gasteiger partial charge < -0.3 is 15.4 Å². The van der Waals surface area contributed by atoms with Crippen molar-refractivity contribution in [3.63, 3.8) is 0 Å². The summed E-state index contributed by atoms with van der Waals surface area (Å²) in [5.74, 6) is 0. The molecule has 3 nitrogen and oxygen atoms in total. The fourth-order valence-corrected chi connectivity index (χ4v) is 1.88. The lowest BCUT2D eigenvalue weighted by Gasteiger charge is -2.21. The summed E-state index contributed by atoms with van der Waals surface area (Å²) in [6, 6.07) is 5.91. The predicted molar refractivity (Wildman–Crippen MR) is 73.7 cm³/mol. The van der Waals surface area contributed by atoms with Crippen LogP contribution in [0.2, 0.25) is 5.02 Å². The number of nitrogens with zero attached hydrogens (tertiary/aromatic N) is 1. The Morgan fingerprint density at radius 3 is 2.65 bits per heavy atom. The number of benzene rings is 1. The summed E-state index contributed by atoms with van der Waals surface area (Å²) in [6.07, 6.45) is 0.262. The summed E-state index contributed by atoms with van der Waals surface area (Å²) in [7, 11) is 2.01. The smallest absolute Gasteiger partial charge is 0.0644 e. The molecular weight excluding hydrogens is 236 g/mol. The standard InChI is InChI=1S/C13H21ClN2O/c1-10(2)17-7-6-16(3)13-5-4-11(9-15)8-12(13)14/h4-5,8,10H,6-7,9,15H2,1-3H3. The molecular formula is C13H21ClN2O. The average Bonchev–Trinajstić information content (AvgIpc) is 2.28. The summed E-state index contributed by atoms with van der Waals surface area (Å²) in [4.78, 5) is 2.09. The monoisotopic (exact) mass is 256 g/mol. The Bertz CT molecular complexity index is 355. The predicted octanol–water partition coefficient (Wildman–Crippen LogP) is 2.66. The Hall–Kier alpha value is -0.770. The van der Waals surface area contributed by atoms with Gasteiger partial charge in [-0.25, -0.2) is 0 Å². The van der Waals surface area contributed by atoms with Crippen molar-refractivity contribution in [1.82, 2.24) is 0 Å². The molecule has 0 amide bonds. The Morgan fingerprint density at radius 1 is 1.41 bits per heavy atom. The summed E-state index contributed by atoms with van der Waals surface area (Å²) in [5.41, 5.74) is 7.62. The van der Waals surface area contributed by atoms with E-state index in [2.05, 4.69) is 4.90 Å². The third-order valence-corrected chi connectivity index (χ3v) is 2.84. The van der Waals surface area contributed by atoms with Crippen molar-refractivity contribution < 1.29 is 4.74 Å². The third kappa shape index (κ3) is 4.54. The zero-order valence-corrected chi connectivity index (χ0v) is 11.5. The molecule has 1 aromatic carbocycles. The van der Waals surface area contributed by atoms with Crippen molar-refractivity contribution in [2.75, 3.05) is 25.1 Å². The van der Waals surface area contributed by atoms with Crippen LogP contribution in [0.4, 0.5) is 5.69 Å². The molecule has 17 heavy (non-hydrogen) atoms. The van der Waals surface area contributed by atoms with Crippen molar-refractivity contribution in [3.05, 3.63) is 28.8 Å². The zero-order chi connectivity index (χ0) is 12.8. The Labute approximate surface area is 109 Å². The molecule has 0 aromatic heterocycles. The molecule has 0 heterocycles. The first-order valence-corrected chi connectivity index (χ1v) is 6.23. The van der Waals surface area contributed by atoms with Crippen LogP contribution in [0.25, 0.3) is 0 Å². The first-order valence-electron chi connectivity index (χ1n) is 5.85. The number of halogens is 1. The van der Waals surface area contributed by atoms with E-state index in [0.717, 1.165) is 22.8 Å². The molecule has 0 aliphatic carbocycles. The van der Waals surface area contributed by atoms with Crippen LogP contribution in [0, 0.1) is 0 Å². The molecule has 2 N–H and O–H groups in total. The average molecular weight is 257 g/mol. The Balaban J connectivity index is 2.59. The molecule has 0 fully saturated rings. The minimum atomic E-state index is 0.262. The first kappa shape index (κ1) is 14.3. The van der Waals surface area contributed by atoms with E-state index in [0.29, 0.717) is 13.2 Å². The van der Waals surface area contributed by atoms with Crippen molar-refractivity contribution in [1.29, 1.82) is 0 Å². The summed E-state index contributed by atoms with van der Waals surface area (Å²) in [5, 5.41) is 0.736. The van der Waals surface area contributed by atoms with Gasteiger partial charge in [-0.05, 0) is 31.5 Å². The SMILES string of the molecule is CC(C)OCCN(C)c1ccc(CN)cc1Cl. The van der Waals surface area contributed by atoms with Crippen LogP contribution in [-0.4, -0.2) is 26.3 Å². The molecule has 0 spiro atoms. The summed E-state index contributed by atoms with van der Waals surface area (Å²) in [6.45, 7) is 6.09. The second-order valence-corrected chi connectivity index (χ2v) is 4.74. The fourth-order valence-electron chi connectivity index (χ4n) is 1.53. The van der Waals surface area contributed by atoms with E-state index in [1.165, 1.54) is 0 Å². The highest BCUT2D eigenvalue weighted by atomic mass is 35.5. The fraction of sp³-hybridized carbons (Fsp3) is 0.538. The molecule has 0 radical (unpaired) electrons. The molecule has 0 saturated carbocycles. The van der Waals surface area contributed by atoms with E-state index >= 15 is 0 Å². The van der Waals surface area contributed by atoms with Gasteiger partial charge >= 0.3 is 0 Å². The van der Waals surface area contributed by atoms with Crippen LogP contribution in [0.3, 0.4) is 0 Å². The van der Waals surface area contributed by atoms with Crippen molar-refractivity contribution in [2.45, 2.75) is 26.5 Å². The molecule has 1 rings (SSSR count). The van der Waals surface area contributed by atoms with E-state index in [9.17, 15) is 0 Å². The van der Waals surface area contributed by atoms with Crippen molar-refractivity contribution in [2.24, 2.45) is 5.73 Å². The number of nitrogens with two attached hydrogens (primary N) is 1. The largest absolute Gasteiger partial charge is 0.377 e. The van der Waals surface area contributed by atoms with Gasteiger partial charge in [0.05, 0.1) is 23.4 Å². The van der Waals surface area contributed by atoms with Crippen LogP contribution < -0.4 is 10.6 Å². The first-order chi connectivity index (χ1) is 8.04. The molecule has 4 heteroatoms. The van der Waals surface area contributed by atoms with E-state index in [4.69, 9.17) is 22.1 Å². The van der Waals surface area contributed by atoms with E-state index in [1.54, 1.807) is 0 Å². The maximum atomic E-state index is 6.21. The van der Waals surface area contributed by atoms with Gasteiger partial charge in [-0.3, -0.25) is 0 Å². The quantitative estimate of drug-likeness (QED) is 0.851. The van der Waals surface area contributed by atoms with Crippen LogP contribution in [0.5, 0.6) is 0 Å². The lowest BCUT2D eigenvalue weighted by Crippen LogP contribution is -2.24. The van der Waals surface area contributed by atoms with Gasteiger partial charge in [0.25, 0.3) is 0 Å². The number of likely N-dealkylation sites (N-methyl/N-ethyl adjacent to an activating group) is 1. The second-order valence-electron chi connectivity index (χ2n) is 4.33. The van der Waals surface area contributed by atoms with Gasteiger partial charge in [-0.15, -0.1) is 0 Å². The lowest BCUT2D eigenvalue weighted by molar-refractivity contribution is 0.0846. The Kier molecular flexibility index (Phi) is 5.75. The summed E-state index contributed by atoms with van der Waals surface area (Å²) >= 11 is 6.21. The molecule has 0 atom stereocenters. The van der Waals surface area contributed by atoms with Gasteiger partial charge in [0.1, 0.15) is 0 Å². The number of ether oxygens (including phenoxy) is 1. The molecule has 96 valence electrons. The molecule has 0 aliphatic heterocycles. The van der Waals surface area contributed by atoms with E-state index < -0.39 is 0 Å². The zero-order valence-electron chi connectivity index (χ0n) is 10.7. The number of rotatable bonds is 6. The number of anilines is 1. The van der Waals surface area contributed by atoms with Gasteiger partial charge in [0, 0.05) is 20.1 Å². The lowest BCUT2D eigenvalue weighted by atomic mass is 10.2. The van der Waals surface area contributed by atoms with Gasteiger partial charge in [-0.1, -0.05) is 17.7 Å². The van der Waals surface area contributed by atoms with Crippen LogP contribution in [-0.2, 0) is 11.3 Å². The second kappa shape index (κ2) is 6.84. The Morgan fingerprint density at radius 2 is 2.12 bits per heavy atom. The van der Waals surface area contributed by atoms with Gasteiger partial charge in [0.2, 0.25) is 0 Å². The normalized spacial score (nSPS) is 10.9. The number of hydrogen-bond acceptors (Lipinski definition) is 3. The molecule has 0 saturated heterocycles. The summed E-state index contributed by atoms with van der Waals surface area (Å²) < 4.78 is 5.51. The van der Waals surface area contributed by atoms with Gasteiger partial charge in [0.15, 0.2) is 0 Å². The highest BCUT2D eigenvalue weighted by Crippen LogP contribution is 2.25. The topological polar surface area (TPSA) is 38.5 Å².